The smallest absolute Gasteiger partial charge is 0.254 e. The molecule has 1 saturated carbocycles. The molecule has 2 aromatic heterocycles. The lowest BCUT2D eigenvalue weighted by Crippen LogP contribution is -2.33. The number of aromatic nitrogens is 4. The number of nitrogens with one attached hydrogen (secondary N) is 1. The highest BCUT2D eigenvalue weighted by atomic mass is 79.9. The first-order valence-electron chi connectivity index (χ1n) is 5.43. The van der Waals surface area contributed by atoms with Crippen LogP contribution in [0.1, 0.15) is 18.7 Å². The molecule has 18 heavy (non-hydrogen) atoms. The van der Waals surface area contributed by atoms with Crippen LogP contribution in [-0.4, -0.2) is 25.0 Å². The fourth-order valence-corrected chi connectivity index (χ4v) is 2.63. The van der Waals surface area contributed by atoms with E-state index >= 15 is 0 Å². The monoisotopic (exact) mass is 327 g/mol. The van der Waals surface area contributed by atoms with Gasteiger partial charge in [0.1, 0.15) is 11.4 Å². The van der Waals surface area contributed by atoms with Gasteiger partial charge in [-0.25, -0.2) is 4.98 Å². The van der Waals surface area contributed by atoms with Gasteiger partial charge in [-0.2, -0.15) is 9.47 Å². The van der Waals surface area contributed by atoms with E-state index in [0.717, 1.165) is 17.3 Å². The third kappa shape index (κ3) is 1.95. The maximum Gasteiger partial charge on any atom is 0.254 e. The maximum atomic E-state index is 12.3. The summed E-state index contributed by atoms with van der Waals surface area (Å²) in [5.74, 6) is 0.594. The van der Waals surface area contributed by atoms with Gasteiger partial charge in [-0.05, 0) is 35.7 Å². The quantitative estimate of drug-likeness (QED) is 0.934. The van der Waals surface area contributed by atoms with Crippen LogP contribution in [0.5, 0.6) is 0 Å². The summed E-state index contributed by atoms with van der Waals surface area (Å²) in [6.45, 7) is 1.80. The minimum Gasteiger partial charge on any atom is -0.299 e. The van der Waals surface area contributed by atoms with Crippen molar-refractivity contribution in [1.82, 2.24) is 19.1 Å². The normalized spacial score (nSPS) is 16.6. The summed E-state index contributed by atoms with van der Waals surface area (Å²) in [5.41, 5.74) is -0.550. The molecule has 1 aliphatic rings. The molecule has 2 aromatic rings. The van der Waals surface area contributed by atoms with Crippen LogP contribution in [0.3, 0.4) is 0 Å². The predicted octanol–water partition coefficient (Wildman–Crippen LogP) is 1.93. The van der Waals surface area contributed by atoms with Crippen LogP contribution < -0.4 is 5.32 Å². The van der Waals surface area contributed by atoms with Gasteiger partial charge in [0, 0.05) is 17.7 Å². The van der Waals surface area contributed by atoms with Crippen LogP contribution in [0.25, 0.3) is 0 Å². The van der Waals surface area contributed by atoms with Crippen LogP contribution >= 0.6 is 27.5 Å². The summed E-state index contributed by atoms with van der Waals surface area (Å²) in [6, 6.07) is 0. The molecule has 1 fully saturated rings. The first kappa shape index (κ1) is 11.8. The Morgan fingerprint density at radius 3 is 2.89 bits per heavy atom. The summed E-state index contributed by atoms with van der Waals surface area (Å²) in [7, 11) is 0. The zero-order chi connectivity index (χ0) is 12.8. The van der Waals surface area contributed by atoms with Crippen molar-refractivity contribution in [3.8, 4) is 0 Å². The second-order valence-electron chi connectivity index (χ2n) is 4.24. The molecule has 2 heterocycles. The Morgan fingerprint density at radius 1 is 1.61 bits per heavy atom. The molecule has 94 valence electrons. The SMILES string of the molecule is Cc1nsc(NC(=O)C2(n3cc(Br)cn3)CC2)n1. The minimum atomic E-state index is -0.550. The van der Waals surface area contributed by atoms with E-state index in [0.29, 0.717) is 11.0 Å². The highest BCUT2D eigenvalue weighted by molar-refractivity contribution is 9.10. The summed E-state index contributed by atoms with van der Waals surface area (Å²) in [6.07, 6.45) is 5.09. The van der Waals surface area contributed by atoms with Crippen molar-refractivity contribution < 1.29 is 4.79 Å². The summed E-state index contributed by atoms with van der Waals surface area (Å²) >= 11 is 4.53. The number of nitrogens with zero attached hydrogens (tertiary/aromatic N) is 4. The van der Waals surface area contributed by atoms with E-state index in [1.165, 1.54) is 11.5 Å². The number of anilines is 1. The molecule has 0 atom stereocenters. The van der Waals surface area contributed by atoms with E-state index < -0.39 is 5.54 Å². The zero-order valence-electron chi connectivity index (χ0n) is 9.55. The summed E-state index contributed by atoms with van der Waals surface area (Å²) < 4.78 is 6.61. The molecule has 0 spiro atoms. The molecular weight excluding hydrogens is 318 g/mol. The van der Waals surface area contributed by atoms with Crippen LogP contribution in [0.2, 0.25) is 0 Å². The molecule has 8 heteroatoms. The van der Waals surface area contributed by atoms with Gasteiger partial charge >= 0.3 is 0 Å². The van der Waals surface area contributed by atoms with Gasteiger partial charge < -0.3 is 0 Å². The molecule has 0 radical (unpaired) electrons. The largest absolute Gasteiger partial charge is 0.299 e. The molecule has 0 bridgehead atoms. The molecule has 0 unspecified atom stereocenters. The highest BCUT2D eigenvalue weighted by Gasteiger charge is 2.53. The second kappa shape index (κ2) is 4.13. The van der Waals surface area contributed by atoms with Crippen LogP contribution in [0.15, 0.2) is 16.9 Å². The van der Waals surface area contributed by atoms with E-state index in [2.05, 4.69) is 35.7 Å². The molecule has 1 amide bonds. The standard InChI is InChI=1S/C10H10BrN5OS/c1-6-13-9(18-15-6)14-8(17)10(2-3-10)16-5-7(11)4-12-16/h4-5H,2-3H2,1H3,(H,13,14,15,17). The predicted molar refractivity (Wildman–Crippen MR) is 70.4 cm³/mol. The Morgan fingerprint density at radius 2 is 2.39 bits per heavy atom. The van der Waals surface area contributed by atoms with Gasteiger partial charge in [-0.3, -0.25) is 14.8 Å². The summed E-state index contributed by atoms with van der Waals surface area (Å²) in [4.78, 5) is 16.4. The lowest BCUT2D eigenvalue weighted by atomic mass is 10.2. The molecule has 0 saturated heterocycles. The van der Waals surface area contributed by atoms with E-state index in [9.17, 15) is 4.79 Å². The van der Waals surface area contributed by atoms with Gasteiger partial charge in [0.05, 0.1) is 10.7 Å². The van der Waals surface area contributed by atoms with Crippen molar-refractivity contribution in [2.45, 2.75) is 25.3 Å². The zero-order valence-corrected chi connectivity index (χ0v) is 12.0. The Balaban J connectivity index is 1.80. The van der Waals surface area contributed by atoms with Gasteiger partial charge in [0.15, 0.2) is 0 Å². The number of aryl methyl sites for hydroxylation is 1. The van der Waals surface area contributed by atoms with Crippen molar-refractivity contribution in [1.29, 1.82) is 0 Å². The van der Waals surface area contributed by atoms with E-state index in [-0.39, 0.29) is 5.91 Å². The number of hydrogen-bond donors (Lipinski definition) is 1. The minimum absolute atomic E-state index is 0.0748. The molecular formula is C10H10BrN5OS. The average Bonchev–Trinajstić information content (AvgIpc) is 2.88. The fraction of sp³-hybridized carbons (Fsp3) is 0.400. The molecule has 3 rings (SSSR count). The number of rotatable bonds is 3. The number of carbonyl (C=O) groups is 1. The van der Waals surface area contributed by atoms with E-state index in [1.807, 2.05) is 6.20 Å². The lowest BCUT2D eigenvalue weighted by Gasteiger charge is -2.14. The molecule has 1 N–H and O–H groups in total. The fourth-order valence-electron chi connectivity index (χ4n) is 1.77. The van der Waals surface area contributed by atoms with Crippen LogP contribution in [0, 0.1) is 6.92 Å². The van der Waals surface area contributed by atoms with E-state index in [4.69, 9.17) is 0 Å². The molecule has 0 aromatic carbocycles. The van der Waals surface area contributed by atoms with Crippen molar-refractivity contribution in [3.05, 3.63) is 22.7 Å². The van der Waals surface area contributed by atoms with Crippen molar-refractivity contribution in [2.24, 2.45) is 0 Å². The number of amides is 1. The first-order valence-corrected chi connectivity index (χ1v) is 6.99. The van der Waals surface area contributed by atoms with E-state index in [1.54, 1.807) is 17.8 Å². The van der Waals surface area contributed by atoms with Crippen molar-refractivity contribution in [2.75, 3.05) is 5.32 Å². The van der Waals surface area contributed by atoms with Gasteiger partial charge in [-0.15, -0.1) is 0 Å². The van der Waals surface area contributed by atoms with Crippen LogP contribution in [0.4, 0.5) is 5.13 Å². The Kier molecular flexibility index (Phi) is 2.70. The maximum absolute atomic E-state index is 12.3. The van der Waals surface area contributed by atoms with Crippen molar-refractivity contribution in [3.63, 3.8) is 0 Å². The van der Waals surface area contributed by atoms with Crippen LogP contribution in [-0.2, 0) is 10.3 Å². The van der Waals surface area contributed by atoms with Gasteiger partial charge in [-0.1, -0.05) is 0 Å². The summed E-state index contributed by atoms with van der Waals surface area (Å²) in [5, 5.41) is 7.53. The molecule has 6 nitrogen and oxygen atoms in total. The number of halogens is 1. The molecule has 0 aliphatic heterocycles. The number of carbonyl (C=O) groups excluding carboxylic acids is 1. The Bertz CT molecular complexity index is 603. The van der Waals surface area contributed by atoms with Gasteiger partial charge in [0.2, 0.25) is 5.13 Å². The second-order valence-corrected chi connectivity index (χ2v) is 5.90. The topological polar surface area (TPSA) is 72.7 Å². The average molecular weight is 328 g/mol. The first-order chi connectivity index (χ1) is 8.60. The highest BCUT2D eigenvalue weighted by Crippen LogP contribution is 2.44. The Hall–Kier alpha value is -1.28. The number of hydrogen-bond acceptors (Lipinski definition) is 5. The third-order valence-electron chi connectivity index (χ3n) is 2.88. The lowest BCUT2D eigenvalue weighted by molar-refractivity contribution is -0.120. The Labute approximate surface area is 116 Å². The third-order valence-corrected chi connectivity index (χ3v) is 4.02. The van der Waals surface area contributed by atoms with Crippen molar-refractivity contribution >= 4 is 38.5 Å². The van der Waals surface area contributed by atoms with Gasteiger partial charge in [0.25, 0.3) is 5.91 Å². The molecule has 1 aliphatic carbocycles.